The average Bonchev–Trinajstić information content (AvgIpc) is 2.94. The Morgan fingerprint density at radius 1 is 1.22 bits per heavy atom. The number of carbonyl (C=O) groups is 3. The summed E-state index contributed by atoms with van der Waals surface area (Å²) in [4.78, 5) is 38.8. The first-order chi connectivity index (χ1) is 14.8. The van der Waals surface area contributed by atoms with E-state index in [1.54, 1.807) is 51.1 Å². The summed E-state index contributed by atoms with van der Waals surface area (Å²) in [6, 6.07) is 10.8. The summed E-state index contributed by atoms with van der Waals surface area (Å²) in [5, 5.41) is 0.425. The number of benzene rings is 2. The van der Waals surface area contributed by atoms with E-state index < -0.39 is 40.8 Å². The van der Waals surface area contributed by atoms with Crippen LogP contribution in [0, 0.1) is 11.2 Å². The van der Waals surface area contributed by atoms with Crippen molar-refractivity contribution < 1.29 is 23.5 Å². The van der Waals surface area contributed by atoms with Crippen molar-refractivity contribution in [1.29, 1.82) is 0 Å². The Labute approximate surface area is 191 Å². The summed E-state index contributed by atoms with van der Waals surface area (Å²) in [5.74, 6) is -1.84. The van der Waals surface area contributed by atoms with Crippen molar-refractivity contribution >= 4 is 29.5 Å². The molecule has 0 saturated carbocycles. The molecule has 1 aliphatic heterocycles. The number of primary amides is 1. The van der Waals surface area contributed by atoms with Gasteiger partial charge in [-0.2, -0.15) is 0 Å². The molecule has 0 aliphatic carbocycles. The van der Waals surface area contributed by atoms with Crippen LogP contribution in [0.2, 0.25) is 5.02 Å². The molecule has 0 aromatic heterocycles. The van der Waals surface area contributed by atoms with Crippen LogP contribution in [0.4, 0.5) is 9.18 Å². The standard InChI is InChI=1S/C24H26ClFN2O4/c1-23(2,3)32-22(31)28-17(13-24(4,20(27)29)21(28)30)11-14-5-7-15(8-6-14)18-12-16(25)9-10-19(18)26/h5-10,12,17H,11,13H2,1-4H3,(H2,27,29). The minimum absolute atomic E-state index is 0.0884. The predicted octanol–water partition coefficient (Wildman–Crippen LogP) is 4.72. The van der Waals surface area contributed by atoms with Gasteiger partial charge in [-0.3, -0.25) is 9.59 Å². The molecule has 0 bridgehead atoms. The number of ether oxygens (including phenoxy) is 1. The second-order valence-electron chi connectivity index (χ2n) is 9.24. The molecular formula is C24H26ClFN2O4. The van der Waals surface area contributed by atoms with Crippen molar-refractivity contribution in [2.45, 2.75) is 52.2 Å². The van der Waals surface area contributed by atoms with Gasteiger partial charge in [0, 0.05) is 16.6 Å². The molecule has 170 valence electrons. The van der Waals surface area contributed by atoms with Gasteiger partial charge in [-0.1, -0.05) is 35.9 Å². The van der Waals surface area contributed by atoms with Crippen molar-refractivity contribution in [2.24, 2.45) is 11.1 Å². The van der Waals surface area contributed by atoms with E-state index in [1.165, 1.54) is 19.1 Å². The lowest BCUT2D eigenvalue weighted by atomic mass is 9.85. The third-order valence-electron chi connectivity index (χ3n) is 5.50. The van der Waals surface area contributed by atoms with E-state index in [9.17, 15) is 18.8 Å². The normalized spacial score (nSPS) is 21.0. The molecule has 1 heterocycles. The van der Waals surface area contributed by atoms with E-state index >= 15 is 0 Å². The molecule has 1 aliphatic rings. The lowest BCUT2D eigenvalue weighted by Gasteiger charge is -2.27. The van der Waals surface area contributed by atoms with E-state index in [0.717, 1.165) is 10.5 Å². The maximum Gasteiger partial charge on any atom is 0.417 e. The third-order valence-corrected chi connectivity index (χ3v) is 5.73. The molecule has 2 unspecified atom stereocenters. The zero-order valence-electron chi connectivity index (χ0n) is 18.4. The van der Waals surface area contributed by atoms with E-state index in [0.29, 0.717) is 22.6 Å². The molecule has 1 saturated heterocycles. The molecule has 3 amide bonds. The van der Waals surface area contributed by atoms with Crippen LogP contribution in [-0.2, 0) is 20.7 Å². The van der Waals surface area contributed by atoms with Gasteiger partial charge in [-0.15, -0.1) is 0 Å². The highest BCUT2D eigenvalue weighted by Crippen LogP contribution is 2.38. The van der Waals surface area contributed by atoms with Crippen molar-refractivity contribution in [1.82, 2.24) is 4.90 Å². The van der Waals surface area contributed by atoms with Crippen LogP contribution in [0.15, 0.2) is 42.5 Å². The Bertz CT molecular complexity index is 1060. The number of carbonyl (C=O) groups excluding carboxylic acids is 3. The maximum absolute atomic E-state index is 14.2. The fourth-order valence-corrected chi connectivity index (χ4v) is 3.98. The summed E-state index contributed by atoms with van der Waals surface area (Å²) in [6.45, 7) is 6.53. The van der Waals surface area contributed by atoms with Crippen molar-refractivity contribution in [3.63, 3.8) is 0 Å². The summed E-state index contributed by atoms with van der Waals surface area (Å²) in [7, 11) is 0. The van der Waals surface area contributed by atoms with Gasteiger partial charge in [-0.25, -0.2) is 14.1 Å². The van der Waals surface area contributed by atoms with E-state index in [1.807, 2.05) is 0 Å². The van der Waals surface area contributed by atoms with Crippen LogP contribution in [0.1, 0.15) is 39.7 Å². The van der Waals surface area contributed by atoms with Gasteiger partial charge >= 0.3 is 6.09 Å². The van der Waals surface area contributed by atoms with Crippen molar-refractivity contribution in [2.75, 3.05) is 0 Å². The second-order valence-corrected chi connectivity index (χ2v) is 9.67. The highest BCUT2D eigenvalue weighted by molar-refractivity contribution is 6.30. The molecule has 32 heavy (non-hydrogen) atoms. The highest BCUT2D eigenvalue weighted by Gasteiger charge is 2.55. The van der Waals surface area contributed by atoms with Gasteiger partial charge < -0.3 is 10.5 Å². The van der Waals surface area contributed by atoms with Gasteiger partial charge in [0.15, 0.2) is 0 Å². The Kier molecular flexibility index (Phi) is 6.33. The molecule has 2 N–H and O–H groups in total. The summed E-state index contributed by atoms with van der Waals surface area (Å²) in [6.07, 6.45) is -0.424. The molecule has 2 aromatic rings. The summed E-state index contributed by atoms with van der Waals surface area (Å²) >= 11 is 5.98. The topological polar surface area (TPSA) is 89.7 Å². The van der Waals surface area contributed by atoms with E-state index in [2.05, 4.69) is 0 Å². The molecule has 2 aromatic carbocycles. The lowest BCUT2D eigenvalue weighted by molar-refractivity contribution is -0.142. The number of nitrogens with zero attached hydrogens (tertiary/aromatic N) is 1. The minimum Gasteiger partial charge on any atom is -0.443 e. The average molecular weight is 461 g/mol. The zero-order chi connectivity index (χ0) is 23.8. The number of hydrogen-bond donors (Lipinski definition) is 1. The number of nitrogens with two attached hydrogens (primary N) is 1. The fraction of sp³-hybridized carbons (Fsp3) is 0.375. The first-order valence-corrected chi connectivity index (χ1v) is 10.6. The number of halogens is 2. The van der Waals surface area contributed by atoms with Crippen LogP contribution in [0.3, 0.4) is 0 Å². The zero-order valence-corrected chi connectivity index (χ0v) is 19.2. The van der Waals surface area contributed by atoms with Crippen LogP contribution in [0.25, 0.3) is 11.1 Å². The quantitative estimate of drug-likeness (QED) is 0.668. The van der Waals surface area contributed by atoms with E-state index in [-0.39, 0.29) is 6.42 Å². The van der Waals surface area contributed by atoms with Crippen LogP contribution >= 0.6 is 11.6 Å². The Morgan fingerprint density at radius 3 is 2.41 bits per heavy atom. The largest absolute Gasteiger partial charge is 0.443 e. The number of likely N-dealkylation sites (tertiary alicyclic amines) is 1. The van der Waals surface area contributed by atoms with Gasteiger partial charge in [0.25, 0.3) is 0 Å². The molecule has 0 spiro atoms. The SMILES string of the molecule is CC(C)(C)OC(=O)N1C(=O)C(C)(C(N)=O)CC1Cc1ccc(-c2cc(Cl)ccc2F)cc1. The first-order valence-electron chi connectivity index (χ1n) is 10.2. The van der Waals surface area contributed by atoms with Crippen molar-refractivity contribution in [3.8, 4) is 11.1 Å². The van der Waals surface area contributed by atoms with Crippen molar-refractivity contribution in [3.05, 3.63) is 58.9 Å². The number of imide groups is 1. The fourth-order valence-electron chi connectivity index (χ4n) is 3.81. The van der Waals surface area contributed by atoms with Gasteiger partial charge in [0.2, 0.25) is 11.8 Å². The monoisotopic (exact) mass is 460 g/mol. The van der Waals surface area contributed by atoms with Crippen LogP contribution in [0.5, 0.6) is 0 Å². The maximum atomic E-state index is 14.2. The minimum atomic E-state index is -1.49. The summed E-state index contributed by atoms with van der Waals surface area (Å²) < 4.78 is 19.6. The predicted molar refractivity (Wildman–Crippen MR) is 119 cm³/mol. The first kappa shape index (κ1) is 23.7. The second kappa shape index (κ2) is 8.54. The molecular weight excluding hydrogens is 435 g/mol. The molecule has 0 radical (unpaired) electrons. The molecule has 1 fully saturated rings. The van der Waals surface area contributed by atoms with Crippen LogP contribution < -0.4 is 5.73 Å². The van der Waals surface area contributed by atoms with Gasteiger partial charge in [0.05, 0.1) is 0 Å². The molecule has 3 rings (SSSR count). The molecule has 6 nitrogen and oxygen atoms in total. The van der Waals surface area contributed by atoms with Gasteiger partial charge in [-0.05, 0) is 69.9 Å². The Balaban J connectivity index is 1.88. The number of hydrogen-bond acceptors (Lipinski definition) is 4. The Hall–Kier alpha value is -2.93. The van der Waals surface area contributed by atoms with Crippen LogP contribution in [-0.4, -0.2) is 34.5 Å². The molecule has 8 heteroatoms. The smallest absolute Gasteiger partial charge is 0.417 e. The third kappa shape index (κ3) is 4.78. The van der Waals surface area contributed by atoms with E-state index in [4.69, 9.17) is 22.1 Å². The summed E-state index contributed by atoms with van der Waals surface area (Å²) in [5.41, 5.74) is 5.00. The molecule has 2 atom stereocenters. The number of rotatable bonds is 4. The number of amides is 3. The highest BCUT2D eigenvalue weighted by atomic mass is 35.5. The lowest BCUT2D eigenvalue weighted by Crippen LogP contribution is -2.47. The Morgan fingerprint density at radius 2 is 1.84 bits per heavy atom. The van der Waals surface area contributed by atoms with Gasteiger partial charge in [0.1, 0.15) is 16.8 Å².